The lowest BCUT2D eigenvalue weighted by Gasteiger charge is -2.19. The number of rotatable bonds is 5. The Hall–Kier alpha value is -1.75. The Morgan fingerprint density at radius 1 is 1.38 bits per heavy atom. The molecule has 0 saturated heterocycles. The molecule has 1 rings (SSSR count). The van der Waals surface area contributed by atoms with Crippen molar-refractivity contribution in [1.29, 1.82) is 0 Å². The lowest BCUT2D eigenvalue weighted by Crippen LogP contribution is -2.49. The third-order valence-electron chi connectivity index (χ3n) is 2.09. The monoisotopic (exact) mass is 225 g/mol. The Kier molecular flexibility index (Phi) is 3.73. The quantitative estimate of drug-likeness (QED) is 0.777. The Labute approximate surface area is 93.8 Å². The second-order valence-corrected chi connectivity index (χ2v) is 3.69. The lowest BCUT2D eigenvalue weighted by atomic mass is 10.1. The molecule has 1 aromatic carbocycles. The number of carboxylic acids is 1. The molecule has 0 radical (unpaired) electrons. The van der Waals surface area contributed by atoms with Crippen LogP contribution in [0.25, 0.3) is 0 Å². The standard InChI is InChI=1S/C11H15NO4/c1-11(12,10(13)14)7-16-9-5-3-8(15-2)4-6-9/h3-6H,7,12H2,1-2H3,(H,13,14). The zero-order valence-electron chi connectivity index (χ0n) is 9.27. The second kappa shape index (κ2) is 4.85. The average Bonchev–Trinajstić information content (AvgIpc) is 2.27. The van der Waals surface area contributed by atoms with Gasteiger partial charge in [0, 0.05) is 0 Å². The summed E-state index contributed by atoms with van der Waals surface area (Å²) in [5.41, 5.74) is 4.13. The molecule has 0 amide bonds. The van der Waals surface area contributed by atoms with Gasteiger partial charge in [0.05, 0.1) is 7.11 Å². The van der Waals surface area contributed by atoms with Gasteiger partial charge in [0.1, 0.15) is 23.6 Å². The summed E-state index contributed by atoms with van der Waals surface area (Å²) < 4.78 is 10.2. The van der Waals surface area contributed by atoms with Crippen molar-refractivity contribution in [1.82, 2.24) is 0 Å². The highest BCUT2D eigenvalue weighted by Gasteiger charge is 2.28. The maximum atomic E-state index is 10.7. The topological polar surface area (TPSA) is 81.8 Å². The maximum Gasteiger partial charge on any atom is 0.326 e. The summed E-state index contributed by atoms with van der Waals surface area (Å²) in [6.45, 7) is 1.31. The van der Waals surface area contributed by atoms with Crippen LogP contribution in [0.2, 0.25) is 0 Å². The highest BCUT2D eigenvalue weighted by molar-refractivity contribution is 5.78. The first-order valence-electron chi connectivity index (χ1n) is 4.75. The van der Waals surface area contributed by atoms with E-state index < -0.39 is 11.5 Å². The van der Waals surface area contributed by atoms with Crippen LogP contribution in [-0.2, 0) is 4.79 Å². The molecule has 1 aromatic rings. The van der Waals surface area contributed by atoms with E-state index in [4.69, 9.17) is 20.3 Å². The molecule has 5 heteroatoms. The SMILES string of the molecule is COc1ccc(OCC(C)(N)C(=O)O)cc1. The van der Waals surface area contributed by atoms with E-state index in [0.29, 0.717) is 11.5 Å². The molecule has 0 aliphatic rings. The Bertz CT molecular complexity index is 359. The van der Waals surface area contributed by atoms with Crippen LogP contribution in [0.4, 0.5) is 0 Å². The zero-order valence-corrected chi connectivity index (χ0v) is 9.27. The molecule has 88 valence electrons. The smallest absolute Gasteiger partial charge is 0.326 e. The Balaban J connectivity index is 2.58. The van der Waals surface area contributed by atoms with Crippen molar-refractivity contribution in [2.75, 3.05) is 13.7 Å². The van der Waals surface area contributed by atoms with Gasteiger partial charge in [0.25, 0.3) is 0 Å². The van der Waals surface area contributed by atoms with Crippen molar-refractivity contribution < 1.29 is 19.4 Å². The van der Waals surface area contributed by atoms with Crippen LogP contribution in [0.1, 0.15) is 6.92 Å². The molecule has 0 aliphatic carbocycles. The van der Waals surface area contributed by atoms with Gasteiger partial charge in [0.2, 0.25) is 0 Å². The average molecular weight is 225 g/mol. The van der Waals surface area contributed by atoms with Crippen LogP contribution in [0.15, 0.2) is 24.3 Å². The summed E-state index contributed by atoms with van der Waals surface area (Å²) in [5, 5.41) is 8.78. The van der Waals surface area contributed by atoms with Crippen molar-refractivity contribution in [3.8, 4) is 11.5 Å². The lowest BCUT2D eigenvalue weighted by molar-refractivity contribution is -0.143. The third kappa shape index (κ3) is 3.13. The summed E-state index contributed by atoms with van der Waals surface area (Å²) >= 11 is 0. The fourth-order valence-electron chi connectivity index (χ4n) is 0.967. The molecule has 1 unspecified atom stereocenters. The van der Waals surface area contributed by atoms with E-state index in [2.05, 4.69) is 0 Å². The molecular formula is C11H15NO4. The summed E-state index contributed by atoms with van der Waals surface area (Å²) in [6.07, 6.45) is 0. The first-order chi connectivity index (χ1) is 7.45. The van der Waals surface area contributed by atoms with E-state index in [0.717, 1.165) is 0 Å². The zero-order chi connectivity index (χ0) is 12.2. The van der Waals surface area contributed by atoms with E-state index in [1.807, 2.05) is 0 Å². The highest BCUT2D eigenvalue weighted by Crippen LogP contribution is 2.17. The first-order valence-corrected chi connectivity index (χ1v) is 4.75. The third-order valence-corrected chi connectivity index (χ3v) is 2.09. The number of carboxylic acid groups (broad SMARTS) is 1. The van der Waals surface area contributed by atoms with Crippen LogP contribution in [-0.4, -0.2) is 30.3 Å². The molecule has 1 atom stereocenters. The molecule has 0 spiro atoms. The minimum atomic E-state index is -1.39. The van der Waals surface area contributed by atoms with Gasteiger partial charge in [-0.05, 0) is 31.2 Å². The van der Waals surface area contributed by atoms with E-state index in [1.165, 1.54) is 6.92 Å². The molecule has 0 bridgehead atoms. The molecule has 0 saturated carbocycles. The van der Waals surface area contributed by atoms with Crippen molar-refractivity contribution in [3.63, 3.8) is 0 Å². The molecule has 0 aliphatic heterocycles. The van der Waals surface area contributed by atoms with Crippen molar-refractivity contribution in [3.05, 3.63) is 24.3 Å². The van der Waals surface area contributed by atoms with Crippen molar-refractivity contribution >= 4 is 5.97 Å². The van der Waals surface area contributed by atoms with Gasteiger partial charge in [-0.3, -0.25) is 4.79 Å². The van der Waals surface area contributed by atoms with Gasteiger partial charge in [-0.15, -0.1) is 0 Å². The number of nitrogens with two attached hydrogens (primary N) is 1. The van der Waals surface area contributed by atoms with Gasteiger partial charge in [-0.25, -0.2) is 0 Å². The number of aliphatic carboxylic acids is 1. The number of ether oxygens (including phenoxy) is 2. The number of benzene rings is 1. The van der Waals surface area contributed by atoms with E-state index in [-0.39, 0.29) is 6.61 Å². The fraction of sp³-hybridized carbons (Fsp3) is 0.364. The fourth-order valence-corrected chi connectivity index (χ4v) is 0.967. The summed E-state index contributed by atoms with van der Waals surface area (Å²) in [7, 11) is 1.57. The number of hydrogen-bond acceptors (Lipinski definition) is 4. The molecule has 5 nitrogen and oxygen atoms in total. The molecular weight excluding hydrogens is 210 g/mol. The number of carbonyl (C=O) groups is 1. The van der Waals surface area contributed by atoms with Crippen LogP contribution >= 0.6 is 0 Å². The van der Waals surface area contributed by atoms with Crippen LogP contribution < -0.4 is 15.2 Å². The molecule has 0 fully saturated rings. The van der Waals surface area contributed by atoms with Crippen LogP contribution in [0.5, 0.6) is 11.5 Å². The van der Waals surface area contributed by atoms with Gasteiger partial charge in [0.15, 0.2) is 0 Å². The van der Waals surface area contributed by atoms with Gasteiger partial charge in [-0.2, -0.15) is 0 Å². The van der Waals surface area contributed by atoms with Crippen LogP contribution in [0.3, 0.4) is 0 Å². The predicted octanol–water partition coefficient (Wildman–Crippen LogP) is 0.876. The highest BCUT2D eigenvalue weighted by atomic mass is 16.5. The predicted molar refractivity (Wildman–Crippen MR) is 58.7 cm³/mol. The first kappa shape index (κ1) is 12.3. The summed E-state index contributed by atoms with van der Waals surface area (Å²) in [4.78, 5) is 10.7. The summed E-state index contributed by atoms with van der Waals surface area (Å²) in [6, 6.07) is 6.83. The molecule has 16 heavy (non-hydrogen) atoms. The number of hydrogen-bond donors (Lipinski definition) is 2. The van der Waals surface area contributed by atoms with E-state index in [1.54, 1.807) is 31.4 Å². The minimum Gasteiger partial charge on any atom is -0.497 e. The van der Waals surface area contributed by atoms with Gasteiger partial charge in [-0.1, -0.05) is 0 Å². The largest absolute Gasteiger partial charge is 0.497 e. The summed E-state index contributed by atoms with van der Waals surface area (Å²) in [5.74, 6) is 0.167. The maximum absolute atomic E-state index is 10.7. The van der Waals surface area contributed by atoms with Crippen molar-refractivity contribution in [2.45, 2.75) is 12.5 Å². The van der Waals surface area contributed by atoms with Gasteiger partial charge >= 0.3 is 5.97 Å². The Morgan fingerprint density at radius 3 is 2.31 bits per heavy atom. The Morgan fingerprint density at radius 2 is 1.88 bits per heavy atom. The van der Waals surface area contributed by atoms with Crippen LogP contribution in [0, 0.1) is 0 Å². The number of methoxy groups -OCH3 is 1. The van der Waals surface area contributed by atoms with E-state index in [9.17, 15) is 4.79 Å². The molecule has 0 heterocycles. The van der Waals surface area contributed by atoms with E-state index >= 15 is 0 Å². The van der Waals surface area contributed by atoms with Gasteiger partial charge < -0.3 is 20.3 Å². The normalized spacial score (nSPS) is 13.9. The molecule has 3 N–H and O–H groups in total. The van der Waals surface area contributed by atoms with Crippen molar-refractivity contribution in [2.24, 2.45) is 5.73 Å². The molecule has 0 aromatic heterocycles. The second-order valence-electron chi connectivity index (χ2n) is 3.69. The minimum absolute atomic E-state index is 0.0886.